The van der Waals surface area contributed by atoms with Crippen LogP contribution in [0.1, 0.15) is 20.3 Å². The number of nitrogens with two attached hydrogens (primary N) is 1. The van der Waals surface area contributed by atoms with Crippen LogP contribution < -0.4 is 5.73 Å². The van der Waals surface area contributed by atoms with Gasteiger partial charge in [0.15, 0.2) is 0 Å². The summed E-state index contributed by atoms with van der Waals surface area (Å²) in [6.45, 7) is 4.53. The fourth-order valence-electron chi connectivity index (χ4n) is 1.26. The van der Waals surface area contributed by atoms with Gasteiger partial charge in [-0.2, -0.15) is 0 Å². The maximum atomic E-state index is 11.4. The molecule has 0 spiro atoms. The van der Waals surface area contributed by atoms with Crippen LogP contribution in [0.3, 0.4) is 0 Å². The van der Waals surface area contributed by atoms with Gasteiger partial charge in [-0.3, -0.25) is 4.79 Å². The molecule has 2 unspecified atom stereocenters. The van der Waals surface area contributed by atoms with Crippen LogP contribution >= 0.6 is 0 Å². The first-order chi connectivity index (χ1) is 6.09. The number of hydrogen-bond donors (Lipinski definition) is 1. The zero-order valence-corrected chi connectivity index (χ0v) is 8.19. The third-order valence-corrected chi connectivity index (χ3v) is 1.98. The number of carbonyl (C=O) groups is 1. The maximum absolute atomic E-state index is 11.4. The van der Waals surface area contributed by atoms with E-state index in [-0.39, 0.29) is 17.9 Å². The first-order valence-corrected chi connectivity index (χ1v) is 4.70. The number of carbonyl (C=O) groups excluding carboxylic acids is 1. The fraction of sp³-hybridized carbons (Fsp3) is 0.700. The van der Waals surface area contributed by atoms with E-state index in [4.69, 9.17) is 10.5 Å². The molecule has 0 aromatic carbocycles. The highest BCUT2D eigenvalue weighted by Gasteiger charge is 2.23. The number of esters is 1. The summed E-state index contributed by atoms with van der Waals surface area (Å²) in [6.07, 6.45) is 4.39. The van der Waals surface area contributed by atoms with Crippen LogP contribution in [0.5, 0.6) is 0 Å². The minimum atomic E-state index is -0.141. The molecule has 0 heterocycles. The lowest BCUT2D eigenvalue weighted by Gasteiger charge is -2.11. The lowest BCUT2D eigenvalue weighted by atomic mass is 10.1. The summed E-state index contributed by atoms with van der Waals surface area (Å²) in [5, 5.41) is 0. The summed E-state index contributed by atoms with van der Waals surface area (Å²) >= 11 is 0. The van der Waals surface area contributed by atoms with Gasteiger partial charge in [-0.1, -0.05) is 26.0 Å². The number of hydrogen-bond acceptors (Lipinski definition) is 3. The van der Waals surface area contributed by atoms with Crippen LogP contribution in [0.4, 0.5) is 0 Å². The molecule has 2 N–H and O–H groups in total. The van der Waals surface area contributed by atoms with E-state index in [9.17, 15) is 4.79 Å². The van der Waals surface area contributed by atoms with E-state index in [1.165, 1.54) is 0 Å². The minimum Gasteiger partial charge on any atom is -0.465 e. The van der Waals surface area contributed by atoms with Crippen LogP contribution in [-0.2, 0) is 9.53 Å². The van der Waals surface area contributed by atoms with E-state index in [1.54, 1.807) is 0 Å². The van der Waals surface area contributed by atoms with Gasteiger partial charge in [0, 0.05) is 6.04 Å². The third-order valence-electron chi connectivity index (χ3n) is 1.98. The van der Waals surface area contributed by atoms with Crippen molar-refractivity contribution in [3.8, 4) is 0 Å². The van der Waals surface area contributed by atoms with Gasteiger partial charge in [0.25, 0.3) is 0 Å². The van der Waals surface area contributed by atoms with Crippen molar-refractivity contribution < 1.29 is 9.53 Å². The molecule has 0 bridgehead atoms. The van der Waals surface area contributed by atoms with Crippen molar-refractivity contribution in [1.82, 2.24) is 0 Å². The molecule has 13 heavy (non-hydrogen) atoms. The zero-order valence-electron chi connectivity index (χ0n) is 8.19. The Bertz CT molecular complexity index is 211. The monoisotopic (exact) mass is 183 g/mol. The van der Waals surface area contributed by atoms with Crippen LogP contribution in [0.15, 0.2) is 12.2 Å². The van der Waals surface area contributed by atoms with E-state index in [2.05, 4.69) is 0 Å². The molecule has 74 valence electrons. The molecular weight excluding hydrogens is 166 g/mol. The predicted molar refractivity (Wildman–Crippen MR) is 51.0 cm³/mol. The lowest BCUT2D eigenvalue weighted by molar-refractivity contribution is -0.147. The first-order valence-electron chi connectivity index (χ1n) is 4.70. The molecule has 3 nitrogen and oxygen atoms in total. The Morgan fingerprint density at radius 2 is 2.31 bits per heavy atom. The molecule has 0 fully saturated rings. The highest BCUT2D eigenvalue weighted by atomic mass is 16.5. The summed E-state index contributed by atoms with van der Waals surface area (Å²) in [5.74, 6) is 0.134. The van der Waals surface area contributed by atoms with E-state index in [1.807, 2.05) is 26.0 Å². The number of rotatable bonds is 3. The first kappa shape index (κ1) is 10.3. The largest absolute Gasteiger partial charge is 0.465 e. The Labute approximate surface area is 78.9 Å². The molecule has 0 aromatic rings. The fourth-order valence-corrected chi connectivity index (χ4v) is 1.26. The predicted octanol–water partition coefficient (Wildman–Crippen LogP) is 1.09. The third kappa shape index (κ3) is 3.19. The van der Waals surface area contributed by atoms with Gasteiger partial charge >= 0.3 is 5.97 Å². The van der Waals surface area contributed by atoms with Crippen molar-refractivity contribution in [1.29, 1.82) is 0 Å². The summed E-state index contributed by atoms with van der Waals surface area (Å²) < 4.78 is 5.09. The van der Waals surface area contributed by atoms with E-state index >= 15 is 0 Å². The van der Waals surface area contributed by atoms with E-state index in [0.29, 0.717) is 18.9 Å². The van der Waals surface area contributed by atoms with Crippen molar-refractivity contribution in [3.05, 3.63) is 12.2 Å². The Morgan fingerprint density at radius 3 is 2.77 bits per heavy atom. The van der Waals surface area contributed by atoms with Gasteiger partial charge < -0.3 is 10.5 Å². The SMILES string of the molecule is CC(C)COC(=O)C1C=CC(N)C1. The second-order valence-electron chi connectivity index (χ2n) is 3.91. The average Bonchev–Trinajstić information content (AvgIpc) is 2.47. The molecule has 0 saturated heterocycles. The quantitative estimate of drug-likeness (QED) is 0.526. The number of ether oxygens (including phenoxy) is 1. The van der Waals surface area contributed by atoms with Gasteiger partial charge in [-0.15, -0.1) is 0 Å². The normalized spacial score (nSPS) is 26.8. The maximum Gasteiger partial charge on any atom is 0.312 e. The van der Waals surface area contributed by atoms with Crippen LogP contribution in [0.25, 0.3) is 0 Å². The lowest BCUT2D eigenvalue weighted by Crippen LogP contribution is -2.21. The molecule has 1 rings (SSSR count). The molecule has 1 aliphatic carbocycles. The summed E-state index contributed by atoms with van der Waals surface area (Å²) in [6, 6.07) is 0.0246. The molecule has 0 radical (unpaired) electrons. The summed E-state index contributed by atoms with van der Waals surface area (Å²) in [7, 11) is 0. The zero-order chi connectivity index (χ0) is 9.84. The van der Waals surface area contributed by atoms with E-state index < -0.39 is 0 Å². The molecule has 2 atom stereocenters. The van der Waals surface area contributed by atoms with Gasteiger partial charge in [-0.05, 0) is 12.3 Å². The van der Waals surface area contributed by atoms with Crippen molar-refractivity contribution in [2.24, 2.45) is 17.6 Å². The average molecular weight is 183 g/mol. The van der Waals surface area contributed by atoms with Crippen molar-refractivity contribution in [2.45, 2.75) is 26.3 Å². The minimum absolute atomic E-state index is 0.0246. The van der Waals surface area contributed by atoms with Crippen molar-refractivity contribution >= 4 is 5.97 Å². The Hall–Kier alpha value is -0.830. The molecule has 3 heteroatoms. The highest BCUT2D eigenvalue weighted by molar-refractivity contribution is 5.75. The van der Waals surface area contributed by atoms with Gasteiger partial charge in [0.2, 0.25) is 0 Å². The van der Waals surface area contributed by atoms with Crippen molar-refractivity contribution in [2.75, 3.05) is 6.61 Å². The smallest absolute Gasteiger partial charge is 0.312 e. The molecule has 0 aliphatic heterocycles. The molecular formula is C10H17NO2. The van der Waals surface area contributed by atoms with Crippen LogP contribution in [0, 0.1) is 11.8 Å². The van der Waals surface area contributed by atoms with Gasteiger partial charge in [0.05, 0.1) is 12.5 Å². The Morgan fingerprint density at radius 1 is 1.62 bits per heavy atom. The second-order valence-corrected chi connectivity index (χ2v) is 3.91. The van der Waals surface area contributed by atoms with E-state index in [0.717, 1.165) is 0 Å². The highest BCUT2D eigenvalue weighted by Crippen LogP contribution is 2.17. The molecule has 0 amide bonds. The molecule has 0 saturated carbocycles. The second kappa shape index (κ2) is 4.42. The van der Waals surface area contributed by atoms with Gasteiger partial charge in [0.1, 0.15) is 0 Å². The Balaban J connectivity index is 2.29. The van der Waals surface area contributed by atoms with Gasteiger partial charge in [-0.25, -0.2) is 0 Å². The Kier molecular flexibility index (Phi) is 3.48. The van der Waals surface area contributed by atoms with Crippen molar-refractivity contribution in [3.63, 3.8) is 0 Å². The summed E-state index contributed by atoms with van der Waals surface area (Å²) in [4.78, 5) is 11.4. The standard InChI is InChI=1S/C10H17NO2/c1-7(2)6-13-10(12)8-3-4-9(11)5-8/h3-4,7-9H,5-6,11H2,1-2H3. The topological polar surface area (TPSA) is 52.3 Å². The summed E-state index contributed by atoms with van der Waals surface area (Å²) in [5.41, 5.74) is 5.62. The molecule has 1 aliphatic rings. The van der Waals surface area contributed by atoms with Crippen LogP contribution in [0.2, 0.25) is 0 Å². The molecule has 0 aromatic heterocycles. The van der Waals surface area contributed by atoms with Crippen LogP contribution in [-0.4, -0.2) is 18.6 Å².